The minimum absolute atomic E-state index is 0.0607. The number of amides is 1. The lowest BCUT2D eigenvalue weighted by molar-refractivity contribution is -0.113. The molecule has 0 aliphatic carbocycles. The van der Waals surface area contributed by atoms with Gasteiger partial charge in [-0.1, -0.05) is 47.1 Å². The van der Waals surface area contributed by atoms with Crippen molar-refractivity contribution in [2.75, 3.05) is 11.1 Å². The first-order valence-corrected chi connectivity index (χ1v) is 9.72. The number of carbonyl (C=O) groups excluding carboxylic acids is 1. The maximum atomic E-state index is 13.7. The summed E-state index contributed by atoms with van der Waals surface area (Å²) < 4.78 is 15.7. The molecule has 0 spiro atoms. The number of aromatic nitrogens is 3. The molecule has 0 aliphatic heterocycles. The number of halogens is 2. The molecule has 27 heavy (non-hydrogen) atoms. The summed E-state index contributed by atoms with van der Waals surface area (Å²) in [7, 11) is 0. The molecule has 3 rings (SSSR count). The second kappa shape index (κ2) is 8.54. The summed E-state index contributed by atoms with van der Waals surface area (Å²) in [4.78, 5) is 12.2. The highest BCUT2D eigenvalue weighted by molar-refractivity contribution is 7.99. The van der Waals surface area contributed by atoms with Crippen molar-refractivity contribution in [3.8, 4) is 11.4 Å². The number of rotatable bonds is 6. The molecular formula is C19H18ClFN4OS. The van der Waals surface area contributed by atoms with Gasteiger partial charge in [-0.05, 0) is 38.1 Å². The molecule has 0 aliphatic rings. The van der Waals surface area contributed by atoms with Crippen LogP contribution >= 0.6 is 23.4 Å². The Labute approximate surface area is 166 Å². The second-order valence-electron chi connectivity index (χ2n) is 5.88. The fraction of sp³-hybridized carbons (Fsp3) is 0.211. The van der Waals surface area contributed by atoms with Crippen LogP contribution in [0.5, 0.6) is 0 Å². The molecule has 0 saturated carbocycles. The maximum Gasteiger partial charge on any atom is 0.234 e. The van der Waals surface area contributed by atoms with Gasteiger partial charge in [0.05, 0.1) is 11.4 Å². The summed E-state index contributed by atoms with van der Waals surface area (Å²) in [5.41, 5.74) is 2.17. The van der Waals surface area contributed by atoms with Crippen LogP contribution in [-0.4, -0.2) is 26.4 Å². The standard InChI is InChI=1S/C19H18ClFN4OS/c1-3-25-18(13-6-4-5-12(2)9-13)23-24-19(25)27-11-17(26)22-16-10-14(20)7-8-15(16)21/h4-10H,3,11H2,1-2H3,(H,22,26). The molecule has 0 fully saturated rings. The van der Waals surface area contributed by atoms with E-state index in [1.807, 2.05) is 42.7 Å². The summed E-state index contributed by atoms with van der Waals surface area (Å²) in [6.07, 6.45) is 0. The summed E-state index contributed by atoms with van der Waals surface area (Å²) in [5, 5.41) is 12.0. The number of thioether (sulfide) groups is 1. The molecule has 0 bridgehead atoms. The zero-order valence-corrected chi connectivity index (χ0v) is 16.4. The third kappa shape index (κ3) is 4.67. The fourth-order valence-electron chi connectivity index (χ4n) is 2.59. The Bertz CT molecular complexity index is 976. The molecule has 8 heteroatoms. The van der Waals surface area contributed by atoms with E-state index in [-0.39, 0.29) is 17.3 Å². The van der Waals surface area contributed by atoms with Gasteiger partial charge in [-0.3, -0.25) is 4.79 Å². The van der Waals surface area contributed by atoms with Crippen LogP contribution in [0, 0.1) is 12.7 Å². The SMILES string of the molecule is CCn1c(SCC(=O)Nc2cc(Cl)ccc2F)nnc1-c1cccc(C)c1. The highest BCUT2D eigenvalue weighted by atomic mass is 35.5. The number of nitrogens with one attached hydrogen (secondary N) is 1. The van der Waals surface area contributed by atoms with Gasteiger partial charge in [-0.2, -0.15) is 0 Å². The van der Waals surface area contributed by atoms with E-state index in [4.69, 9.17) is 11.6 Å². The van der Waals surface area contributed by atoms with Gasteiger partial charge < -0.3 is 9.88 Å². The Morgan fingerprint density at radius 2 is 2.07 bits per heavy atom. The number of benzene rings is 2. The molecule has 2 aromatic carbocycles. The van der Waals surface area contributed by atoms with E-state index in [1.165, 1.54) is 30.0 Å². The molecule has 1 heterocycles. The van der Waals surface area contributed by atoms with E-state index < -0.39 is 5.82 Å². The minimum atomic E-state index is -0.531. The quantitative estimate of drug-likeness (QED) is 0.599. The predicted molar refractivity (Wildman–Crippen MR) is 107 cm³/mol. The van der Waals surface area contributed by atoms with E-state index in [9.17, 15) is 9.18 Å². The lowest BCUT2D eigenvalue weighted by atomic mass is 10.1. The molecule has 0 atom stereocenters. The summed E-state index contributed by atoms with van der Waals surface area (Å²) in [5.74, 6) is -0.0390. The molecule has 1 aromatic heterocycles. The molecule has 1 N–H and O–H groups in total. The Hall–Kier alpha value is -2.38. The first-order valence-electron chi connectivity index (χ1n) is 8.36. The fourth-order valence-corrected chi connectivity index (χ4v) is 3.56. The first-order chi connectivity index (χ1) is 13.0. The van der Waals surface area contributed by atoms with Crippen molar-refractivity contribution in [1.29, 1.82) is 0 Å². The Morgan fingerprint density at radius 3 is 2.81 bits per heavy atom. The van der Waals surface area contributed by atoms with Crippen LogP contribution in [0.3, 0.4) is 0 Å². The Kier molecular flexibility index (Phi) is 6.13. The van der Waals surface area contributed by atoms with E-state index in [0.29, 0.717) is 16.7 Å². The molecular weight excluding hydrogens is 387 g/mol. The molecule has 0 radical (unpaired) electrons. The summed E-state index contributed by atoms with van der Waals surface area (Å²) >= 11 is 7.09. The highest BCUT2D eigenvalue weighted by Crippen LogP contribution is 2.25. The summed E-state index contributed by atoms with van der Waals surface area (Å²) in [6, 6.07) is 12.0. The van der Waals surface area contributed by atoms with Crippen LogP contribution in [0.15, 0.2) is 47.6 Å². The Balaban J connectivity index is 1.71. The second-order valence-corrected chi connectivity index (χ2v) is 7.26. The van der Waals surface area contributed by atoms with E-state index in [2.05, 4.69) is 15.5 Å². The van der Waals surface area contributed by atoms with Gasteiger partial charge in [0.15, 0.2) is 11.0 Å². The number of hydrogen-bond donors (Lipinski definition) is 1. The third-order valence-electron chi connectivity index (χ3n) is 3.84. The topological polar surface area (TPSA) is 59.8 Å². The number of aryl methyl sites for hydroxylation is 1. The first kappa shape index (κ1) is 19.4. The van der Waals surface area contributed by atoms with Crippen molar-refractivity contribution in [3.05, 3.63) is 58.9 Å². The van der Waals surface area contributed by atoms with Gasteiger partial charge in [0.1, 0.15) is 5.82 Å². The lowest BCUT2D eigenvalue weighted by Gasteiger charge is -2.09. The number of carbonyl (C=O) groups is 1. The van der Waals surface area contributed by atoms with Gasteiger partial charge in [0.2, 0.25) is 5.91 Å². The summed E-state index contributed by atoms with van der Waals surface area (Å²) in [6.45, 7) is 4.68. The predicted octanol–water partition coefficient (Wildman–Crippen LogP) is 4.80. The van der Waals surface area contributed by atoms with Crippen LogP contribution < -0.4 is 5.32 Å². The zero-order valence-electron chi connectivity index (χ0n) is 14.9. The van der Waals surface area contributed by atoms with Crippen molar-refractivity contribution < 1.29 is 9.18 Å². The van der Waals surface area contributed by atoms with Crippen LogP contribution in [0.1, 0.15) is 12.5 Å². The maximum absolute atomic E-state index is 13.7. The Morgan fingerprint density at radius 1 is 1.26 bits per heavy atom. The van der Waals surface area contributed by atoms with Gasteiger partial charge in [-0.25, -0.2) is 4.39 Å². The van der Waals surface area contributed by atoms with Crippen LogP contribution in [0.25, 0.3) is 11.4 Å². The average molecular weight is 405 g/mol. The largest absolute Gasteiger partial charge is 0.323 e. The van der Waals surface area contributed by atoms with Crippen LogP contribution in [0.4, 0.5) is 10.1 Å². The molecule has 3 aromatic rings. The third-order valence-corrected chi connectivity index (χ3v) is 5.05. The van der Waals surface area contributed by atoms with Gasteiger partial charge in [0.25, 0.3) is 0 Å². The molecule has 0 unspecified atom stereocenters. The smallest absolute Gasteiger partial charge is 0.234 e. The van der Waals surface area contributed by atoms with Crippen molar-refractivity contribution in [3.63, 3.8) is 0 Å². The van der Waals surface area contributed by atoms with E-state index in [0.717, 1.165) is 17.0 Å². The molecule has 5 nitrogen and oxygen atoms in total. The van der Waals surface area contributed by atoms with Crippen LogP contribution in [0.2, 0.25) is 5.02 Å². The van der Waals surface area contributed by atoms with Crippen molar-refractivity contribution >= 4 is 35.0 Å². The molecule has 140 valence electrons. The number of anilines is 1. The normalized spacial score (nSPS) is 10.8. The van der Waals surface area contributed by atoms with Crippen molar-refractivity contribution in [2.24, 2.45) is 0 Å². The van der Waals surface area contributed by atoms with Gasteiger partial charge >= 0.3 is 0 Å². The van der Waals surface area contributed by atoms with Crippen molar-refractivity contribution in [1.82, 2.24) is 14.8 Å². The number of nitrogens with zero attached hydrogens (tertiary/aromatic N) is 3. The molecule has 1 amide bonds. The zero-order chi connectivity index (χ0) is 19.4. The average Bonchev–Trinajstić information content (AvgIpc) is 3.06. The van der Waals surface area contributed by atoms with Crippen LogP contribution in [-0.2, 0) is 11.3 Å². The van der Waals surface area contributed by atoms with E-state index in [1.54, 1.807) is 0 Å². The minimum Gasteiger partial charge on any atom is -0.323 e. The monoisotopic (exact) mass is 404 g/mol. The molecule has 0 saturated heterocycles. The number of hydrogen-bond acceptors (Lipinski definition) is 4. The van der Waals surface area contributed by atoms with Crippen molar-refractivity contribution in [2.45, 2.75) is 25.5 Å². The van der Waals surface area contributed by atoms with Gasteiger partial charge in [-0.15, -0.1) is 10.2 Å². The highest BCUT2D eigenvalue weighted by Gasteiger charge is 2.15. The lowest BCUT2D eigenvalue weighted by Crippen LogP contribution is -2.15. The van der Waals surface area contributed by atoms with Gasteiger partial charge in [0, 0.05) is 17.1 Å². The van der Waals surface area contributed by atoms with E-state index >= 15 is 0 Å².